The first-order valence-electron chi connectivity index (χ1n) is 4.36. The molecule has 0 fully saturated rings. The molecule has 0 bridgehead atoms. The molecule has 0 saturated carbocycles. The van der Waals surface area contributed by atoms with Crippen LogP contribution in [0.25, 0.3) is 0 Å². The SMILES string of the molecule is Cc1nc(Cl)cc(SCC(C)CO)n1. The van der Waals surface area contributed by atoms with E-state index in [1.807, 2.05) is 13.8 Å². The summed E-state index contributed by atoms with van der Waals surface area (Å²) in [5.74, 6) is 1.79. The molecule has 0 aliphatic heterocycles. The van der Waals surface area contributed by atoms with Crippen LogP contribution < -0.4 is 0 Å². The molecule has 1 aromatic rings. The van der Waals surface area contributed by atoms with Gasteiger partial charge in [-0.25, -0.2) is 9.97 Å². The van der Waals surface area contributed by atoms with Crippen LogP contribution in [0.4, 0.5) is 0 Å². The van der Waals surface area contributed by atoms with Gasteiger partial charge in [-0.3, -0.25) is 0 Å². The summed E-state index contributed by atoms with van der Waals surface area (Å²) in [5, 5.41) is 10.2. The van der Waals surface area contributed by atoms with Gasteiger partial charge in [0.2, 0.25) is 0 Å². The number of thioether (sulfide) groups is 1. The van der Waals surface area contributed by atoms with E-state index in [1.54, 1.807) is 17.8 Å². The fourth-order valence-corrected chi connectivity index (χ4v) is 2.10. The number of aryl methyl sites for hydroxylation is 1. The number of aliphatic hydroxyl groups is 1. The summed E-state index contributed by atoms with van der Waals surface area (Å²) in [6, 6.07) is 1.74. The summed E-state index contributed by atoms with van der Waals surface area (Å²) in [7, 11) is 0. The van der Waals surface area contributed by atoms with Gasteiger partial charge in [-0.15, -0.1) is 11.8 Å². The second-order valence-corrected chi connectivity index (χ2v) is 4.60. The smallest absolute Gasteiger partial charge is 0.133 e. The molecule has 1 heterocycles. The number of aliphatic hydroxyl groups excluding tert-OH is 1. The predicted molar refractivity (Wildman–Crippen MR) is 58.8 cm³/mol. The molecule has 0 aliphatic carbocycles. The first-order valence-corrected chi connectivity index (χ1v) is 5.73. The van der Waals surface area contributed by atoms with Crippen LogP contribution in [0, 0.1) is 12.8 Å². The topological polar surface area (TPSA) is 46.0 Å². The summed E-state index contributed by atoms with van der Waals surface area (Å²) in [6.45, 7) is 4.00. The summed E-state index contributed by atoms with van der Waals surface area (Å²) < 4.78 is 0. The molecular formula is C9H13ClN2OS. The molecular weight excluding hydrogens is 220 g/mol. The van der Waals surface area contributed by atoms with Crippen molar-refractivity contribution in [1.82, 2.24) is 9.97 Å². The van der Waals surface area contributed by atoms with Crippen molar-refractivity contribution in [2.75, 3.05) is 12.4 Å². The lowest BCUT2D eigenvalue weighted by atomic mass is 10.2. The zero-order chi connectivity index (χ0) is 10.6. The minimum absolute atomic E-state index is 0.199. The van der Waals surface area contributed by atoms with Crippen molar-refractivity contribution in [3.05, 3.63) is 17.0 Å². The van der Waals surface area contributed by atoms with E-state index in [9.17, 15) is 0 Å². The van der Waals surface area contributed by atoms with Crippen LogP contribution in [0.2, 0.25) is 5.15 Å². The maximum atomic E-state index is 8.85. The molecule has 3 nitrogen and oxygen atoms in total. The lowest BCUT2D eigenvalue weighted by Gasteiger charge is -2.06. The van der Waals surface area contributed by atoms with Crippen LogP contribution in [-0.2, 0) is 0 Å². The predicted octanol–water partition coefficient (Wildman–Crippen LogP) is 2.16. The zero-order valence-electron chi connectivity index (χ0n) is 8.20. The fraction of sp³-hybridized carbons (Fsp3) is 0.556. The van der Waals surface area contributed by atoms with Gasteiger partial charge in [-0.1, -0.05) is 18.5 Å². The van der Waals surface area contributed by atoms with Gasteiger partial charge >= 0.3 is 0 Å². The zero-order valence-corrected chi connectivity index (χ0v) is 9.77. The molecule has 1 aromatic heterocycles. The van der Waals surface area contributed by atoms with Crippen LogP contribution in [0.5, 0.6) is 0 Å². The van der Waals surface area contributed by atoms with Crippen molar-refractivity contribution >= 4 is 23.4 Å². The Morgan fingerprint density at radius 3 is 2.86 bits per heavy atom. The van der Waals surface area contributed by atoms with E-state index in [1.165, 1.54) is 0 Å². The van der Waals surface area contributed by atoms with Crippen molar-refractivity contribution in [3.63, 3.8) is 0 Å². The molecule has 1 atom stereocenters. The summed E-state index contributed by atoms with van der Waals surface area (Å²) >= 11 is 7.37. The molecule has 5 heteroatoms. The number of hydrogen-bond acceptors (Lipinski definition) is 4. The highest BCUT2D eigenvalue weighted by atomic mass is 35.5. The molecule has 1 rings (SSSR count). The summed E-state index contributed by atoms with van der Waals surface area (Å²) in [6.07, 6.45) is 0. The van der Waals surface area contributed by atoms with E-state index in [4.69, 9.17) is 16.7 Å². The first-order chi connectivity index (χ1) is 6.61. The van der Waals surface area contributed by atoms with Gasteiger partial charge in [0.25, 0.3) is 0 Å². The average molecular weight is 233 g/mol. The van der Waals surface area contributed by atoms with Crippen molar-refractivity contribution in [3.8, 4) is 0 Å². The Hall–Kier alpha value is -0.320. The minimum atomic E-state index is 0.199. The number of rotatable bonds is 4. The van der Waals surface area contributed by atoms with E-state index in [2.05, 4.69) is 9.97 Å². The van der Waals surface area contributed by atoms with Crippen LogP contribution in [0.1, 0.15) is 12.7 Å². The highest BCUT2D eigenvalue weighted by molar-refractivity contribution is 7.99. The van der Waals surface area contributed by atoms with Crippen molar-refractivity contribution in [2.24, 2.45) is 5.92 Å². The first kappa shape index (κ1) is 11.8. The Labute approximate surface area is 92.9 Å². The van der Waals surface area contributed by atoms with Crippen LogP contribution in [0.15, 0.2) is 11.1 Å². The lowest BCUT2D eigenvalue weighted by molar-refractivity contribution is 0.250. The number of halogens is 1. The van der Waals surface area contributed by atoms with Crippen molar-refractivity contribution in [1.29, 1.82) is 0 Å². The van der Waals surface area contributed by atoms with E-state index >= 15 is 0 Å². The van der Waals surface area contributed by atoms with Crippen molar-refractivity contribution in [2.45, 2.75) is 18.9 Å². The van der Waals surface area contributed by atoms with Gasteiger partial charge in [-0.2, -0.15) is 0 Å². The Balaban J connectivity index is 2.58. The van der Waals surface area contributed by atoms with Gasteiger partial charge < -0.3 is 5.11 Å². The fourth-order valence-electron chi connectivity index (χ4n) is 0.860. The monoisotopic (exact) mass is 232 g/mol. The number of nitrogens with zero attached hydrogens (tertiary/aromatic N) is 2. The molecule has 0 amide bonds. The van der Waals surface area contributed by atoms with Gasteiger partial charge in [0.1, 0.15) is 16.0 Å². The molecule has 0 aromatic carbocycles. The molecule has 0 saturated heterocycles. The Morgan fingerprint density at radius 2 is 2.29 bits per heavy atom. The van der Waals surface area contributed by atoms with E-state index in [0.717, 1.165) is 10.8 Å². The quantitative estimate of drug-likeness (QED) is 0.639. The normalized spacial score (nSPS) is 12.9. The molecule has 78 valence electrons. The molecule has 1 unspecified atom stereocenters. The third kappa shape index (κ3) is 3.82. The Kier molecular flexibility index (Phi) is 4.65. The lowest BCUT2D eigenvalue weighted by Crippen LogP contribution is -2.03. The maximum Gasteiger partial charge on any atom is 0.133 e. The standard InChI is InChI=1S/C9H13ClN2OS/c1-6(4-13)5-14-9-3-8(10)11-7(2)12-9/h3,6,13H,4-5H2,1-2H3. The van der Waals surface area contributed by atoms with Crippen LogP contribution >= 0.6 is 23.4 Å². The van der Waals surface area contributed by atoms with Gasteiger partial charge in [-0.05, 0) is 12.8 Å². The molecule has 14 heavy (non-hydrogen) atoms. The summed E-state index contributed by atoms with van der Waals surface area (Å²) in [5.41, 5.74) is 0. The second-order valence-electron chi connectivity index (χ2n) is 3.17. The van der Waals surface area contributed by atoms with Crippen molar-refractivity contribution < 1.29 is 5.11 Å². The number of aromatic nitrogens is 2. The number of hydrogen-bond donors (Lipinski definition) is 1. The Bertz CT molecular complexity index is 289. The van der Waals surface area contributed by atoms with E-state index < -0.39 is 0 Å². The van der Waals surface area contributed by atoms with Gasteiger partial charge in [0.05, 0.1) is 0 Å². The highest BCUT2D eigenvalue weighted by Gasteiger charge is 2.04. The van der Waals surface area contributed by atoms with Gasteiger partial charge in [0.15, 0.2) is 0 Å². The molecule has 0 radical (unpaired) electrons. The van der Waals surface area contributed by atoms with E-state index in [0.29, 0.717) is 11.0 Å². The Morgan fingerprint density at radius 1 is 1.57 bits per heavy atom. The highest BCUT2D eigenvalue weighted by Crippen LogP contribution is 2.20. The van der Waals surface area contributed by atoms with Crippen LogP contribution in [-0.4, -0.2) is 27.4 Å². The second kappa shape index (κ2) is 5.53. The molecule has 1 N–H and O–H groups in total. The minimum Gasteiger partial charge on any atom is -0.396 e. The van der Waals surface area contributed by atoms with Crippen LogP contribution in [0.3, 0.4) is 0 Å². The summed E-state index contributed by atoms with van der Waals surface area (Å²) in [4.78, 5) is 8.20. The van der Waals surface area contributed by atoms with Gasteiger partial charge in [0, 0.05) is 18.4 Å². The largest absolute Gasteiger partial charge is 0.396 e. The maximum absolute atomic E-state index is 8.85. The third-order valence-corrected chi connectivity index (χ3v) is 3.04. The average Bonchev–Trinajstić information content (AvgIpc) is 2.12. The van der Waals surface area contributed by atoms with E-state index in [-0.39, 0.29) is 12.5 Å². The third-order valence-electron chi connectivity index (χ3n) is 1.61. The molecule has 0 spiro atoms. The molecule has 0 aliphatic rings.